The van der Waals surface area contributed by atoms with Gasteiger partial charge in [0.2, 0.25) is 0 Å². The van der Waals surface area contributed by atoms with E-state index in [-0.39, 0.29) is 19.1 Å². The van der Waals surface area contributed by atoms with Crippen molar-refractivity contribution >= 4 is 21.8 Å². The first-order valence-electron chi connectivity index (χ1n) is 18.7. The van der Waals surface area contributed by atoms with Crippen LogP contribution in [0.3, 0.4) is 0 Å². The first-order chi connectivity index (χ1) is 25.1. The summed E-state index contributed by atoms with van der Waals surface area (Å²) in [5, 5.41) is 12.8. The first kappa shape index (κ1) is 38.1. The molecule has 0 saturated heterocycles. The third-order valence-corrected chi connectivity index (χ3v) is 10.3. The maximum Gasteiger partial charge on any atom is 0.251 e. The zero-order valence-corrected chi connectivity index (χ0v) is 31.5. The molecule has 0 aromatic heterocycles. The Morgan fingerprint density at radius 1 is 0.647 bits per heavy atom. The zero-order chi connectivity index (χ0) is 35.7. The Balaban J connectivity index is 1.45. The number of benzene rings is 5. The fourth-order valence-corrected chi connectivity index (χ4v) is 7.71. The number of ether oxygens (including phenoxy) is 1. The van der Waals surface area contributed by atoms with Gasteiger partial charge in [-0.1, -0.05) is 174 Å². The van der Waals surface area contributed by atoms with Crippen LogP contribution in [0.2, 0.25) is 0 Å². The predicted octanol–water partition coefficient (Wildman–Crippen LogP) is 11.5. The molecule has 5 rings (SSSR count). The molecule has 0 bridgehead atoms. The summed E-state index contributed by atoms with van der Waals surface area (Å²) in [5.41, 5.74) is 6.18. The van der Waals surface area contributed by atoms with Gasteiger partial charge in [-0.05, 0) is 68.4 Å². The van der Waals surface area contributed by atoms with E-state index >= 15 is 0 Å². The lowest BCUT2D eigenvalue weighted by atomic mass is 9.65. The van der Waals surface area contributed by atoms with Gasteiger partial charge in [0.1, 0.15) is 12.4 Å². The molecule has 0 heterocycles. The highest BCUT2D eigenvalue weighted by Crippen LogP contribution is 2.47. The average molecular weight is 747 g/mol. The molecule has 4 nitrogen and oxygen atoms in total. The van der Waals surface area contributed by atoms with E-state index in [0.29, 0.717) is 22.3 Å². The van der Waals surface area contributed by atoms with Gasteiger partial charge in [0.25, 0.3) is 5.91 Å². The largest absolute Gasteiger partial charge is 0.489 e. The van der Waals surface area contributed by atoms with E-state index in [2.05, 4.69) is 143 Å². The van der Waals surface area contributed by atoms with Crippen LogP contribution in [0.25, 0.3) is 11.1 Å². The van der Waals surface area contributed by atoms with Crippen molar-refractivity contribution in [2.45, 2.75) is 76.5 Å². The Hall–Kier alpha value is -4.19. The molecule has 0 fully saturated rings. The van der Waals surface area contributed by atoms with Gasteiger partial charge in [0.15, 0.2) is 0 Å². The van der Waals surface area contributed by atoms with Crippen molar-refractivity contribution < 1.29 is 14.6 Å². The monoisotopic (exact) mass is 745 g/mol. The van der Waals surface area contributed by atoms with E-state index in [4.69, 9.17) is 4.74 Å². The summed E-state index contributed by atoms with van der Waals surface area (Å²) >= 11 is 3.71. The maximum atomic E-state index is 13.5. The topological polar surface area (TPSA) is 58.6 Å². The molecule has 1 amide bonds. The lowest BCUT2D eigenvalue weighted by molar-refractivity contribution is 0.0952. The number of amides is 1. The molecule has 0 aliphatic carbocycles. The maximum absolute atomic E-state index is 13.5. The van der Waals surface area contributed by atoms with Gasteiger partial charge in [-0.2, -0.15) is 0 Å². The fraction of sp³-hybridized carbons (Fsp3) is 0.326. The third-order valence-electron chi connectivity index (χ3n) is 9.69. The van der Waals surface area contributed by atoms with Gasteiger partial charge >= 0.3 is 0 Å². The van der Waals surface area contributed by atoms with E-state index in [1.54, 1.807) is 0 Å². The summed E-state index contributed by atoms with van der Waals surface area (Å²) in [5.74, 6) is 0.488. The van der Waals surface area contributed by atoms with Crippen LogP contribution in [0.4, 0.5) is 0 Å². The van der Waals surface area contributed by atoms with Crippen molar-refractivity contribution in [2.24, 2.45) is 0 Å². The minimum absolute atomic E-state index is 0.107. The quantitative estimate of drug-likeness (QED) is 0.0616. The number of aliphatic hydroxyl groups excluding tert-OH is 1. The highest BCUT2D eigenvalue weighted by molar-refractivity contribution is 9.10. The van der Waals surface area contributed by atoms with Gasteiger partial charge in [-0.15, -0.1) is 0 Å². The lowest BCUT2D eigenvalue weighted by Gasteiger charge is -2.37. The van der Waals surface area contributed by atoms with E-state index in [0.717, 1.165) is 46.2 Å². The number of aliphatic hydroxyl groups is 1. The molecule has 2 N–H and O–H groups in total. The van der Waals surface area contributed by atoms with E-state index in [1.807, 2.05) is 12.1 Å². The molecule has 0 unspecified atom stereocenters. The van der Waals surface area contributed by atoms with Gasteiger partial charge in [0, 0.05) is 17.7 Å². The minimum Gasteiger partial charge on any atom is -0.489 e. The van der Waals surface area contributed by atoms with Crippen LogP contribution in [0.15, 0.2) is 132 Å². The zero-order valence-electron chi connectivity index (χ0n) is 30.0. The van der Waals surface area contributed by atoms with Crippen LogP contribution in [0, 0.1) is 0 Å². The molecule has 0 saturated carbocycles. The predicted molar refractivity (Wildman–Crippen MR) is 215 cm³/mol. The van der Waals surface area contributed by atoms with Crippen molar-refractivity contribution in [3.05, 3.63) is 160 Å². The number of nitrogens with one attached hydrogen (secondary N) is 1. The molecule has 5 aromatic carbocycles. The number of carbonyl (C=O) groups is 1. The molecule has 0 aliphatic heterocycles. The second-order valence-corrected chi connectivity index (χ2v) is 14.1. The number of hydrogen-bond donors (Lipinski definition) is 2. The van der Waals surface area contributed by atoms with Crippen LogP contribution < -0.4 is 10.1 Å². The molecule has 0 spiro atoms. The van der Waals surface area contributed by atoms with Crippen LogP contribution in [0.1, 0.15) is 104 Å². The summed E-state index contributed by atoms with van der Waals surface area (Å²) in [7, 11) is 0. The van der Waals surface area contributed by atoms with Crippen LogP contribution >= 0.6 is 15.9 Å². The number of halogens is 1. The highest BCUT2D eigenvalue weighted by atomic mass is 79.9. The molecule has 266 valence electrons. The van der Waals surface area contributed by atoms with Gasteiger partial charge in [-0.3, -0.25) is 4.79 Å². The summed E-state index contributed by atoms with van der Waals surface area (Å²) in [6, 6.07) is 44.1. The van der Waals surface area contributed by atoms with Crippen LogP contribution in [-0.4, -0.2) is 30.8 Å². The summed E-state index contributed by atoms with van der Waals surface area (Å²) in [4.78, 5) is 13.5. The molecule has 5 heteroatoms. The molecule has 0 aliphatic rings. The second-order valence-electron chi connectivity index (χ2n) is 13.3. The Morgan fingerprint density at radius 2 is 1.16 bits per heavy atom. The van der Waals surface area contributed by atoms with Crippen LogP contribution in [0.5, 0.6) is 5.75 Å². The number of hydrogen-bond acceptors (Lipinski definition) is 3. The Labute approximate surface area is 313 Å². The van der Waals surface area contributed by atoms with Crippen LogP contribution in [-0.2, 0) is 5.41 Å². The third kappa shape index (κ3) is 9.78. The Bertz CT molecular complexity index is 1680. The minimum atomic E-state index is -0.618. The molecular formula is C46H52BrNO3. The van der Waals surface area contributed by atoms with Crippen molar-refractivity contribution in [1.29, 1.82) is 0 Å². The average Bonchev–Trinajstić information content (AvgIpc) is 3.18. The van der Waals surface area contributed by atoms with Gasteiger partial charge in [-0.25, -0.2) is 0 Å². The number of carbonyl (C=O) groups excluding carboxylic acids is 1. The smallest absolute Gasteiger partial charge is 0.251 e. The van der Waals surface area contributed by atoms with Crippen molar-refractivity contribution in [1.82, 2.24) is 5.32 Å². The molecule has 51 heavy (non-hydrogen) atoms. The standard InChI is InChI=1S/C46H52BrNO3/c1-2-3-4-5-6-7-8-9-10-20-30-48-45(50)37-34-42(44(43(47)35-37)51-32-31-49)36-22-21-29-41(33-36)46(38-23-14-11-15-24-38,39-25-16-12-17-26-39)40-27-18-13-19-28-40/h11-19,21-29,33-35,49H,2-10,20,30-32H2,1H3,(H,48,50). The van der Waals surface area contributed by atoms with E-state index in [9.17, 15) is 9.90 Å². The highest BCUT2D eigenvalue weighted by Gasteiger charge is 2.38. The number of unbranched alkanes of at least 4 members (excludes halogenated alkanes) is 9. The molecular weight excluding hydrogens is 694 g/mol. The Kier molecular flexibility index (Phi) is 14.9. The summed E-state index contributed by atoms with van der Waals surface area (Å²) in [6.45, 7) is 2.92. The van der Waals surface area contributed by atoms with Crippen molar-refractivity contribution in [2.75, 3.05) is 19.8 Å². The van der Waals surface area contributed by atoms with Crippen molar-refractivity contribution in [3.63, 3.8) is 0 Å². The summed E-state index contributed by atoms with van der Waals surface area (Å²) in [6.07, 6.45) is 12.6. The van der Waals surface area contributed by atoms with E-state index < -0.39 is 5.41 Å². The fourth-order valence-electron chi connectivity index (χ4n) is 7.13. The SMILES string of the molecule is CCCCCCCCCCCCNC(=O)c1cc(Br)c(OCCO)c(-c2cccc(C(c3ccccc3)(c3ccccc3)c3ccccc3)c2)c1. The molecule has 0 radical (unpaired) electrons. The van der Waals surface area contributed by atoms with Gasteiger partial charge < -0.3 is 15.2 Å². The first-order valence-corrected chi connectivity index (χ1v) is 19.5. The van der Waals surface area contributed by atoms with Gasteiger partial charge in [0.05, 0.1) is 16.5 Å². The molecule has 5 aromatic rings. The second kappa shape index (κ2) is 20.0. The molecule has 0 atom stereocenters. The van der Waals surface area contributed by atoms with E-state index in [1.165, 1.54) is 51.4 Å². The Morgan fingerprint density at radius 3 is 1.69 bits per heavy atom. The lowest BCUT2D eigenvalue weighted by Crippen LogP contribution is -2.31. The van der Waals surface area contributed by atoms with Crippen molar-refractivity contribution in [3.8, 4) is 16.9 Å². The summed E-state index contributed by atoms with van der Waals surface area (Å²) < 4.78 is 6.80. The normalized spacial score (nSPS) is 11.4. The number of rotatable bonds is 20.